The van der Waals surface area contributed by atoms with Gasteiger partial charge in [-0.3, -0.25) is 0 Å². The fourth-order valence-electron chi connectivity index (χ4n) is 2.87. The number of fused-ring (bicyclic) bond motifs is 1. The molecular weight excluding hydrogens is 262 g/mol. The Balaban J connectivity index is 1.97. The summed E-state index contributed by atoms with van der Waals surface area (Å²) < 4.78 is 6.82. The Hall–Kier alpha value is -1.77. The summed E-state index contributed by atoms with van der Waals surface area (Å²) in [7, 11) is 1.58. The van der Waals surface area contributed by atoms with Crippen LogP contribution in [0, 0.1) is 5.92 Å². The van der Waals surface area contributed by atoms with Crippen LogP contribution in [-0.2, 0) is 4.74 Å². The van der Waals surface area contributed by atoms with Crippen LogP contribution in [0.1, 0.15) is 12.5 Å². The van der Waals surface area contributed by atoms with Gasteiger partial charge in [-0.05, 0) is 6.42 Å². The van der Waals surface area contributed by atoms with E-state index in [0.29, 0.717) is 30.0 Å². The Kier molecular flexibility index (Phi) is 3.28. The topological polar surface area (TPSA) is 119 Å². The molecule has 0 radical (unpaired) electrons. The first kappa shape index (κ1) is 13.2. The second-order valence-electron chi connectivity index (χ2n) is 5.08. The van der Waals surface area contributed by atoms with Crippen molar-refractivity contribution >= 4 is 17.0 Å². The molecule has 0 aliphatic heterocycles. The van der Waals surface area contributed by atoms with E-state index in [-0.39, 0.29) is 12.0 Å². The van der Waals surface area contributed by atoms with Gasteiger partial charge in [-0.1, -0.05) is 0 Å². The lowest BCUT2D eigenvalue weighted by Crippen LogP contribution is -2.30. The highest BCUT2D eigenvalue weighted by atomic mass is 16.5. The molecule has 0 amide bonds. The van der Waals surface area contributed by atoms with E-state index in [1.807, 2.05) is 0 Å². The Morgan fingerprint density at radius 1 is 1.35 bits per heavy atom. The van der Waals surface area contributed by atoms with Gasteiger partial charge >= 0.3 is 0 Å². The van der Waals surface area contributed by atoms with Gasteiger partial charge in [0, 0.05) is 13.0 Å². The lowest BCUT2D eigenvalue weighted by Gasteiger charge is -2.18. The molecule has 8 nitrogen and oxygen atoms in total. The Bertz CT molecular complexity index is 616. The zero-order valence-corrected chi connectivity index (χ0v) is 11.0. The number of aromatic nitrogens is 4. The number of imidazole rings is 1. The van der Waals surface area contributed by atoms with Gasteiger partial charge in [-0.2, -0.15) is 0 Å². The van der Waals surface area contributed by atoms with Crippen LogP contribution < -0.4 is 5.73 Å². The minimum Gasteiger partial charge on any atom is -0.390 e. The third-order valence-corrected chi connectivity index (χ3v) is 3.90. The molecule has 1 aliphatic carbocycles. The van der Waals surface area contributed by atoms with Gasteiger partial charge in [0.15, 0.2) is 11.5 Å². The van der Waals surface area contributed by atoms with Crippen LogP contribution in [0.3, 0.4) is 0 Å². The number of hydrogen-bond acceptors (Lipinski definition) is 7. The molecule has 2 aromatic heterocycles. The Labute approximate surface area is 115 Å². The summed E-state index contributed by atoms with van der Waals surface area (Å²) in [5, 5.41) is 20.3. The second kappa shape index (κ2) is 4.97. The van der Waals surface area contributed by atoms with E-state index in [2.05, 4.69) is 15.0 Å². The molecule has 1 unspecified atom stereocenters. The summed E-state index contributed by atoms with van der Waals surface area (Å²) in [5.74, 6) is 0.187. The van der Waals surface area contributed by atoms with Gasteiger partial charge in [0.1, 0.15) is 17.9 Å². The minimum atomic E-state index is -0.885. The average Bonchev–Trinajstić information content (AvgIpc) is 2.97. The largest absolute Gasteiger partial charge is 0.390 e. The maximum Gasteiger partial charge on any atom is 0.165 e. The molecule has 2 aromatic rings. The predicted octanol–water partition coefficient (Wildman–Crippen LogP) is -0.662. The number of ether oxygens (including phenoxy) is 1. The van der Waals surface area contributed by atoms with Crippen molar-refractivity contribution in [2.75, 3.05) is 19.5 Å². The van der Waals surface area contributed by atoms with Crippen LogP contribution in [0.5, 0.6) is 0 Å². The van der Waals surface area contributed by atoms with Crippen LogP contribution >= 0.6 is 0 Å². The molecule has 0 saturated heterocycles. The number of nitrogens with two attached hydrogens (primary N) is 1. The third-order valence-electron chi connectivity index (χ3n) is 3.90. The predicted molar refractivity (Wildman–Crippen MR) is 70.8 cm³/mol. The van der Waals surface area contributed by atoms with E-state index in [1.54, 1.807) is 18.0 Å². The number of nitrogens with zero attached hydrogens (tertiary/aromatic N) is 4. The SMILES string of the molecule is COCC1C[C@@H](n2cnc3c(N)ncnc32)[C@H](O)[C@@H]1O. The van der Waals surface area contributed by atoms with Gasteiger partial charge in [-0.15, -0.1) is 0 Å². The number of methoxy groups -OCH3 is 1. The van der Waals surface area contributed by atoms with Crippen molar-refractivity contribution in [3.63, 3.8) is 0 Å². The molecule has 0 aromatic carbocycles. The standard InChI is InChI=1S/C12H17N5O3/c1-20-3-6-2-7(10(19)9(6)18)17-5-16-8-11(13)14-4-15-12(8)17/h4-7,9-10,18-19H,2-3H2,1H3,(H2,13,14,15)/t6?,7-,9-,10+/m1/s1. The molecule has 1 aliphatic rings. The van der Waals surface area contributed by atoms with Crippen molar-refractivity contribution in [3.8, 4) is 0 Å². The van der Waals surface area contributed by atoms with Crippen molar-refractivity contribution in [1.29, 1.82) is 0 Å². The van der Waals surface area contributed by atoms with E-state index < -0.39 is 12.2 Å². The fourth-order valence-corrected chi connectivity index (χ4v) is 2.87. The van der Waals surface area contributed by atoms with E-state index >= 15 is 0 Å². The number of aliphatic hydroxyl groups is 2. The molecule has 1 saturated carbocycles. The summed E-state index contributed by atoms with van der Waals surface area (Å²) in [6.45, 7) is 0.401. The maximum absolute atomic E-state index is 10.2. The Morgan fingerprint density at radius 2 is 2.15 bits per heavy atom. The van der Waals surface area contributed by atoms with Gasteiger partial charge < -0.3 is 25.3 Å². The molecular formula is C12H17N5O3. The minimum absolute atomic E-state index is 0.114. The first-order valence-corrected chi connectivity index (χ1v) is 6.41. The zero-order valence-electron chi connectivity index (χ0n) is 11.0. The van der Waals surface area contributed by atoms with Crippen molar-refractivity contribution < 1.29 is 14.9 Å². The van der Waals surface area contributed by atoms with Crippen molar-refractivity contribution in [1.82, 2.24) is 19.5 Å². The number of rotatable bonds is 3. The fraction of sp³-hybridized carbons (Fsp3) is 0.583. The number of nitrogen functional groups attached to an aromatic ring is 1. The molecule has 0 bridgehead atoms. The normalized spacial score (nSPS) is 30.1. The molecule has 4 N–H and O–H groups in total. The highest BCUT2D eigenvalue weighted by Gasteiger charge is 2.42. The van der Waals surface area contributed by atoms with Crippen LogP contribution in [0.15, 0.2) is 12.7 Å². The Morgan fingerprint density at radius 3 is 2.90 bits per heavy atom. The van der Waals surface area contributed by atoms with E-state index in [4.69, 9.17) is 10.5 Å². The van der Waals surface area contributed by atoms with Gasteiger partial charge in [0.05, 0.1) is 25.1 Å². The molecule has 20 heavy (non-hydrogen) atoms. The average molecular weight is 279 g/mol. The molecule has 1 fully saturated rings. The van der Waals surface area contributed by atoms with Crippen LogP contribution in [-0.4, -0.2) is 55.7 Å². The summed E-state index contributed by atoms with van der Waals surface area (Å²) in [6.07, 6.45) is 1.82. The van der Waals surface area contributed by atoms with E-state index in [1.165, 1.54) is 6.33 Å². The molecule has 0 spiro atoms. The molecule has 108 valence electrons. The summed E-state index contributed by atoms with van der Waals surface area (Å²) in [5.41, 5.74) is 6.81. The van der Waals surface area contributed by atoms with Crippen LogP contribution in [0.4, 0.5) is 5.82 Å². The zero-order chi connectivity index (χ0) is 14.3. The third kappa shape index (κ3) is 1.92. The van der Waals surface area contributed by atoms with Gasteiger partial charge in [0.25, 0.3) is 0 Å². The number of aliphatic hydroxyl groups excluding tert-OH is 2. The van der Waals surface area contributed by atoms with Crippen LogP contribution in [0.25, 0.3) is 11.2 Å². The van der Waals surface area contributed by atoms with E-state index in [9.17, 15) is 10.2 Å². The lowest BCUT2D eigenvalue weighted by atomic mass is 10.1. The smallest absolute Gasteiger partial charge is 0.165 e. The lowest BCUT2D eigenvalue weighted by molar-refractivity contribution is -0.00886. The summed E-state index contributed by atoms with van der Waals surface area (Å²) in [6, 6.07) is -0.301. The van der Waals surface area contributed by atoms with Crippen molar-refractivity contribution in [2.24, 2.45) is 5.92 Å². The summed E-state index contributed by atoms with van der Waals surface area (Å²) >= 11 is 0. The second-order valence-corrected chi connectivity index (χ2v) is 5.08. The molecule has 2 heterocycles. The van der Waals surface area contributed by atoms with E-state index in [0.717, 1.165) is 0 Å². The molecule has 8 heteroatoms. The highest BCUT2D eigenvalue weighted by Crippen LogP contribution is 2.37. The van der Waals surface area contributed by atoms with Crippen LogP contribution in [0.2, 0.25) is 0 Å². The van der Waals surface area contributed by atoms with Crippen molar-refractivity contribution in [3.05, 3.63) is 12.7 Å². The first-order valence-electron chi connectivity index (χ1n) is 6.41. The monoisotopic (exact) mass is 279 g/mol. The van der Waals surface area contributed by atoms with Gasteiger partial charge in [0.2, 0.25) is 0 Å². The number of anilines is 1. The molecule has 4 atom stereocenters. The highest BCUT2D eigenvalue weighted by molar-refractivity contribution is 5.81. The first-order chi connectivity index (χ1) is 9.63. The van der Waals surface area contributed by atoms with Crippen molar-refractivity contribution in [2.45, 2.75) is 24.7 Å². The number of hydrogen-bond donors (Lipinski definition) is 3. The molecule has 3 rings (SSSR count). The summed E-state index contributed by atoms with van der Waals surface area (Å²) in [4.78, 5) is 12.2. The maximum atomic E-state index is 10.2. The van der Waals surface area contributed by atoms with Gasteiger partial charge in [-0.25, -0.2) is 15.0 Å². The quantitative estimate of drug-likeness (QED) is 0.682.